The fourth-order valence-corrected chi connectivity index (χ4v) is 5.15. The van der Waals surface area contributed by atoms with Crippen LogP contribution in [0, 0.1) is 5.41 Å². The zero-order chi connectivity index (χ0) is 15.7. The number of rotatable bonds is 5. The van der Waals surface area contributed by atoms with Crippen molar-refractivity contribution < 1.29 is 18.3 Å². The highest BCUT2D eigenvalue weighted by atomic mass is 32.2. The Bertz CT molecular complexity index is 487. The van der Waals surface area contributed by atoms with E-state index in [2.05, 4.69) is 0 Å². The molecule has 1 atom stereocenters. The molecule has 0 aromatic rings. The van der Waals surface area contributed by atoms with Crippen LogP contribution in [0.5, 0.6) is 0 Å². The number of carbonyl (C=O) groups is 1. The van der Waals surface area contributed by atoms with Crippen LogP contribution in [-0.2, 0) is 15.0 Å². The predicted octanol–water partition coefficient (Wildman–Crippen LogP) is 1.68. The van der Waals surface area contributed by atoms with Gasteiger partial charge in [-0.15, -0.1) is 0 Å². The van der Waals surface area contributed by atoms with Crippen molar-refractivity contribution in [1.29, 1.82) is 0 Å². The summed E-state index contributed by atoms with van der Waals surface area (Å²) in [6, 6.07) is 0.0604. The number of carboxylic acids is 1. The van der Waals surface area contributed by atoms with Crippen LogP contribution in [0.2, 0.25) is 0 Å². The van der Waals surface area contributed by atoms with Gasteiger partial charge in [0.05, 0.1) is 5.41 Å². The van der Waals surface area contributed by atoms with E-state index in [4.69, 9.17) is 0 Å². The second-order valence-corrected chi connectivity index (χ2v) is 8.33. The second kappa shape index (κ2) is 6.22. The maximum Gasteiger partial charge on any atom is 0.311 e. The molecule has 0 aromatic heterocycles. The first-order chi connectivity index (χ1) is 9.83. The summed E-state index contributed by atoms with van der Waals surface area (Å²) < 4.78 is 28.3. The maximum absolute atomic E-state index is 12.7. The summed E-state index contributed by atoms with van der Waals surface area (Å²) in [7, 11) is -1.91. The molecule has 0 amide bonds. The lowest BCUT2D eigenvalue weighted by atomic mass is 9.85. The Morgan fingerprint density at radius 1 is 1.33 bits per heavy atom. The van der Waals surface area contributed by atoms with Gasteiger partial charge >= 0.3 is 5.97 Å². The Morgan fingerprint density at radius 3 is 2.43 bits per heavy atom. The molecule has 0 aromatic carbocycles. The molecule has 1 saturated carbocycles. The molecular formula is C14H26N2O4S. The van der Waals surface area contributed by atoms with Crippen molar-refractivity contribution in [3.63, 3.8) is 0 Å². The SMILES string of the molecule is CCC1(C(=O)O)CCN(S(=O)(=O)N(C)C2CCCCC2)C1. The molecule has 6 nitrogen and oxygen atoms in total. The molecule has 1 saturated heterocycles. The predicted molar refractivity (Wildman–Crippen MR) is 80.1 cm³/mol. The van der Waals surface area contributed by atoms with Crippen LogP contribution < -0.4 is 0 Å². The molecule has 21 heavy (non-hydrogen) atoms. The Labute approximate surface area is 127 Å². The highest BCUT2D eigenvalue weighted by molar-refractivity contribution is 7.86. The Hall–Kier alpha value is -0.660. The molecule has 0 radical (unpaired) electrons. The molecule has 1 heterocycles. The third-order valence-electron chi connectivity index (χ3n) is 5.23. The summed E-state index contributed by atoms with van der Waals surface area (Å²) in [5, 5.41) is 9.40. The molecule has 1 N–H and O–H groups in total. The van der Waals surface area contributed by atoms with Crippen molar-refractivity contribution >= 4 is 16.2 Å². The first-order valence-corrected chi connectivity index (χ1v) is 9.20. The minimum atomic E-state index is -3.55. The normalized spacial score (nSPS) is 29.1. The van der Waals surface area contributed by atoms with Crippen LogP contribution in [0.4, 0.5) is 0 Å². The van der Waals surface area contributed by atoms with E-state index in [1.807, 2.05) is 6.92 Å². The van der Waals surface area contributed by atoms with Gasteiger partial charge in [0.1, 0.15) is 0 Å². The zero-order valence-electron chi connectivity index (χ0n) is 12.9. The molecule has 2 fully saturated rings. The molecule has 0 spiro atoms. The van der Waals surface area contributed by atoms with Crippen LogP contribution in [0.1, 0.15) is 51.9 Å². The maximum atomic E-state index is 12.7. The van der Waals surface area contributed by atoms with Crippen molar-refractivity contribution in [2.75, 3.05) is 20.1 Å². The van der Waals surface area contributed by atoms with Gasteiger partial charge in [0.2, 0.25) is 0 Å². The molecule has 0 bridgehead atoms. The molecule has 2 rings (SSSR count). The Morgan fingerprint density at radius 2 is 1.95 bits per heavy atom. The summed E-state index contributed by atoms with van der Waals surface area (Å²) >= 11 is 0. The highest BCUT2D eigenvalue weighted by Crippen LogP contribution is 2.37. The third kappa shape index (κ3) is 3.10. The molecule has 1 aliphatic heterocycles. The van der Waals surface area contributed by atoms with E-state index in [9.17, 15) is 18.3 Å². The van der Waals surface area contributed by atoms with Gasteiger partial charge in [0.15, 0.2) is 0 Å². The minimum absolute atomic E-state index is 0.0604. The van der Waals surface area contributed by atoms with Crippen LogP contribution in [0.15, 0.2) is 0 Å². The third-order valence-corrected chi connectivity index (χ3v) is 7.22. The van der Waals surface area contributed by atoms with Crippen molar-refractivity contribution in [2.45, 2.75) is 57.9 Å². The standard InChI is InChI=1S/C14H26N2O4S/c1-3-14(13(17)18)9-10-16(11-14)21(19,20)15(2)12-7-5-4-6-8-12/h12H,3-11H2,1-2H3,(H,17,18). The average molecular weight is 318 g/mol. The molecular weight excluding hydrogens is 292 g/mol. The first-order valence-electron chi connectivity index (χ1n) is 7.80. The topological polar surface area (TPSA) is 77.9 Å². The van der Waals surface area contributed by atoms with Gasteiger partial charge in [-0.25, -0.2) is 0 Å². The quantitative estimate of drug-likeness (QED) is 0.836. The summed E-state index contributed by atoms with van der Waals surface area (Å²) in [5.74, 6) is -0.886. The minimum Gasteiger partial charge on any atom is -0.481 e. The van der Waals surface area contributed by atoms with Crippen LogP contribution in [0.25, 0.3) is 0 Å². The van der Waals surface area contributed by atoms with E-state index in [1.54, 1.807) is 7.05 Å². The lowest BCUT2D eigenvalue weighted by Gasteiger charge is -2.33. The number of carboxylic acid groups (broad SMARTS) is 1. The number of nitrogens with zero attached hydrogens (tertiary/aromatic N) is 2. The van der Waals surface area contributed by atoms with E-state index in [-0.39, 0.29) is 12.6 Å². The van der Waals surface area contributed by atoms with Crippen molar-refractivity contribution in [3.8, 4) is 0 Å². The Balaban J connectivity index is 2.11. The summed E-state index contributed by atoms with van der Waals surface area (Å²) in [6.07, 6.45) is 5.98. The monoisotopic (exact) mass is 318 g/mol. The smallest absolute Gasteiger partial charge is 0.311 e. The van der Waals surface area contributed by atoms with Crippen LogP contribution in [0.3, 0.4) is 0 Å². The van der Waals surface area contributed by atoms with Gasteiger partial charge in [0, 0.05) is 26.2 Å². The number of hydrogen-bond donors (Lipinski definition) is 1. The number of aliphatic carboxylic acids is 1. The van der Waals surface area contributed by atoms with Gasteiger partial charge in [-0.2, -0.15) is 17.0 Å². The molecule has 122 valence electrons. The van der Waals surface area contributed by atoms with E-state index < -0.39 is 21.6 Å². The van der Waals surface area contributed by atoms with Crippen LogP contribution >= 0.6 is 0 Å². The van der Waals surface area contributed by atoms with E-state index in [1.165, 1.54) is 15.0 Å². The van der Waals surface area contributed by atoms with E-state index in [0.29, 0.717) is 19.4 Å². The van der Waals surface area contributed by atoms with Gasteiger partial charge in [-0.1, -0.05) is 26.2 Å². The van der Waals surface area contributed by atoms with E-state index >= 15 is 0 Å². The summed E-state index contributed by atoms with van der Waals surface area (Å²) in [5.41, 5.74) is -0.916. The van der Waals surface area contributed by atoms with Crippen molar-refractivity contribution in [1.82, 2.24) is 8.61 Å². The highest BCUT2D eigenvalue weighted by Gasteiger charge is 2.48. The van der Waals surface area contributed by atoms with Gasteiger partial charge in [0.25, 0.3) is 10.2 Å². The second-order valence-electron chi connectivity index (χ2n) is 6.34. The molecule has 7 heteroatoms. The van der Waals surface area contributed by atoms with Gasteiger partial charge < -0.3 is 5.11 Å². The largest absolute Gasteiger partial charge is 0.481 e. The summed E-state index contributed by atoms with van der Waals surface area (Å²) in [4.78, 5) is 11.5. The summed E-state index contributed by atoms with van der Waals surface area (Å²) in [6.45, 7) is 2.22. The average Bonchev–Trinajstić information content (AvgIpc) is 2.94. The fraction of sp³-hybridized carbons (Fsp3) is 0.929. The molecule has 1 aliphatic carbocycles. The first kappa shape index (κ1) is 16.7. The van der Waals surface area contributed by atoms with Gasteiger partial charge in [-0.05, 0) is 25.7 Å². The van der Waals surface area contributed by atoms with Crippen LogP contribution in [-0.4, -0.2) is 54.3 Å². The molecule has 1 unspecified atom stereocenters. The van der Waals surface area contributed by atoms with Crippen molar-refractivity contribution in [3.05, 3.63) is 0 Å². The number of hydrogen-bond acceptors (Lipinski definition) is 3. The van der Waals surface area contributed by atoms with Crippen molar-refractivity contribution in [2.24, 2.45) is 5.41 Å². The lowest BCUT2D eigenvalue weighted by molar-refractivity contribution is -0.148. The zero-order valence-corrected chi connectivity index (χ0v) is 13.7. The van der Waals surface area contributed by atoms with E-state index in [0.717, 1.165) is 25.7 Å². The fourth-order valence-electron chi connectivity index (χ4n) is 3.46. The van der Waals surface area contributed by atoms with Gasteiger partial charge in [-0.3, -0.25) is 4.79 Å². The lowest BCUT2D eigenvalue weighted by Crippen LogP contribution is -2.47. The Kier molecular flexibility index (Phi) is 4.95. The molecule has 2 aliphatic rings.